The molecule has 0 aliphatic heterocycles. The van der Waals surface area contributed by atoms with Gasteiger partial charge in [0, 0.05) is 12.6 Å². The van der Waals surface area contributed by atoms with Crippen LogP contribution in [-0.4, -0.2) is 26.9 Å². The van der Waals surface area contributed by atoms with Crippen molar-refractivity contribution in [1.82, 2.24) is 15.1 Å². The summed E-state index contributed by atoms with van der Waals surface area (Å²) in [5.74, 6) is -0.777. The van der Waals surface area contributed by atoms with Gasteiger partial charge in [-0.2, -0.15) is 5.10 Å². The monoisotopic (exact) mass is 337 g/mol. The van der Waals surface area contributed by atoms with E-state index in [0.717, 1.165) is 11.1 Å². The molecule has 0 spiro atoms. The summed E-state index contributed by atoms with van der Waals surface area (Å²) >= 11 is 0. The van der Waals surface area contributed by atoms with Crippen molar-refractivity contribution >= 4 is 5.91 Å². The Morgan fingerprint density at radius 2 is 1.96 bits per heavy atom. The number of nitrogens with zero attached hydrogens (tertiary/aromatic N) is 2. The number of amides is 1. The van der Waals surface area contributed by atoms with E-state index in [0.29, 0.717) is 12.0 Å². The van der Waals surface area contributed by atoms with Crippen LogP contribution in [0.15, 0.2) is 60.9 Å². The average Bonchev–Trinajstić information content (AvgIpc) is 3.21. The second-order valence-electron chi connectivity index (χ2n) is 6.05. The zero-order valence-electron chi connectivity index (χ0n) is 13.3. The van der Waals surface area contributed by atoms with Gasteiger partial charge >= 0.3 is 0 Å². The molecular weight excluding hydrogens is 321 g/mol. The summed E-state index contributed by atoms with van der Waals surface area (Å²) in [6, 6.07) is 13.4. The topological polar surface area (TPSA) is 67.2 Å². The van der Waals surface area contributed by atoms with Crippen LogP contribution in [0.5, 0.6) is 0 Å². The molecular formula is C19H16FN3O2. The average molecular weight is 337 g/mol. The van der Waals surface area contributed by atoms with Crippen molar-refractivity contribution in [2.75, 3.05) is 0 Å². The largest absolute Gasteiger partial charge is 0.390 e. The van der Waals surface area contributed by atoms with Gasteiger partial charge in [0.2, 0.25) is 0 Å². The summed E-state index contributed by atoms with van der Waals surface area (Å²) < 4.78 is 15.2. The molecule has 2 aromatic carbocycles. The fraction of sp³-hybridized carbons (Fsp3) is 0.158. The lowest BCUT2D eigenvalue weighted by molar-refractivity contribution is 0.0858. The van der Waals surface area contributed by atoms with Crippen LogP contribution in [0.3, 0.4) is 0 Å². The second-order valence-corrected chi connectivity index (χ2v) is 6.05. The fourth-order valence-corrected chi connectivity index (χ4v) is 3.18. The normalized spacial score (nSPS) is 18.8. The van der Waals surface area contributed by atoms with Crippen LogP contribution in [0.4, 0.5) is 4.39 Å². The number of aliphatic hydroxyl groups excluding tert-OH is 1. The molecule has 1 heterocycles. The molecule has 2 atom stereocenters. The summed E-state index contributed by atoms with van der Waals surface area (Å²) in [5.41, 5.74) is 2.53. The number of fused-ring (bicyclic) bond motifs is 1. The van der Waals surface area contributed by atoms with Gasteiger partial charge in [-0.15, -0.1) is 0 Å². The number of benzene rings is 2. The number of halogens is 1. The Morgan fingerprint density at radius 1 is 1.20 bits per heavy atom. The van der Waals surface area contributed by atoms with Gasteiger partial charge in [-0.25, -0.2) is 9.07 Å². The van der Waals surface area contributed by atoms with E-state index < -0.39 is 18.0 Å². The molecule has 1 aliphatic carbocycles. The van der Waals surface area contributed by atoms with Gasteiger partial charge in [-0.3, -0.25) is 4.79 Å². The second kappa shape index (κ2) is 6.14. The Morgan fingerprint density at radius 3 is 2.80 bits per heavy atom. The highest BCUT2D eigenvalue weighted by molar-refractivity contribution is 5.94. The van der Waals surface area contributed by atoms with Gasteiger partial charge in [0.15, 0.2) is 0 Å². The third kappa shape index (κ3) is 2.81. The molecule has 126 valence electrons. The van der Waals surface area contributed by atoms with Crippen LogP contribution >= 0.6 is 0 Å². The zero-order chi connectivity index (χ0) is 17.4. The fourth-order valence-electron chi connectivity index (χ4n) is 3.18. The summed E-state index contributed by atoms with van der Waals surface area (Å²) in [6.45, 7) is 0. The van der Waals surface area contributed by atoms with Crippen LogP contribution in [0, 0.1) is 5.82 Å². The van der Waals surface area contributed by atoms with Crippen molar-refractivity contribution in [3.8, 4) is 5.69 Å². The number of carbonyl (C=O) groups is 1. The van der Waals surface area contributed by atoms with E-state index in [1.807, 2.05) is 24.3 Å². The lowest BCUT2D eigenvalue weighted by Gasteiger charge is -2.17. The Balaban J connectivity index is 1.56. The maximum absolute atomic E-state index is 13.8. The van der Waals surface area contributed by atoms with Crippen molar-refractivity contribution < 1.29 is 14.3 Å². The van der Waals surface area contributed by atoms with Crippen LogP contribution in [0.25, 0.3) is 5.69 Å². The Bertz CT molecular complexity index is 938. The highest BCUT2D eigenvalue weighted by Crippen LogP contribution is 2.31. The summed E-state index contributed by atoms with van der Waals surface area (Å²) in [4.78, 5) is 12.5. The molecule has 0 saturated heterocycles. The molecule has 25 heavy (non-hydrogen) atoms. The van der Waals surface area contributed by atoms with Gasteiger partial charge < -0.3 is 10.4 Å². The maximum Gasteiger partial charge on any atom is 0.255 e. The van der Waals surface area contributed by atoms with E-state index in [-0.39, 0.29) is 11.6 Å². The van der Waals surface area contributed by atoms with Gasteiger partial charge in [0.25, 0.3) is 5.91 Å². The predicted molar refractivity (Wildman–Crippen MR) is 89.9 cm³/mol. The minimum absolute atomic E-state index is 0.271. The van der Waals surface area contributed by atoms with E-state index in [2.05, 4.69) is 10.4 Å². The van der Waals surface area contributed by atoms with Crippen molar-refractivity contribution in [2.24, 2.45) is 0 Å². The van der Waals surface area contributed by atoms with Crippen molar-refractivity contribution in [3.63, 3.8) is 0 Å². The van der Waals surface area contributed by atoms with E-state index in [9.17, 15) is 14.3 Å². The molecule has 0 radical (unpaired) electrons. The van der Waals surface area contributed by atoms with Crippen molar-refractivity contribution in [3.05, 3.63) is 83.4 Å². The van der Waals surface area contributed by atoms with Crippen LogP contribution in [-0.2, 0) is 6.42 Å². The minimum atomic E-state index is -0.664. The van der Waals surface area contributed by atoms with Gasteiger partial charge in [-0.1, -0.05) is 36.4 Å². The Kier molecular flexibility index (Phi) is 3.82. The number of aliphatic hydroxyl groups is 1. The maximum atomic E-state index is 13.8. The highest BCUT2D eigenvalue weighted by Gasteiger charge is 2.32. The molecule has 5 nitrogen and oxygen atoms in total. The first-order valence-corrected chi connectivity index (χ1v) is 8.00. The molecule has 2 unspecified atom stereocenters. The predicted octanol–water partition coefficient (Wildman–Crippen LogP) is 2.40. The summed E-state index contributed by atoms with van der Waals surface area (Å²) in [6.07, 6.45) is 2.70. The zero-order valence-corrected chi connectivity index (χ0v) is 13.3. The van der Waals surface area contributed by atoms with Crippen LogP contribution < -0.4 is 5.32 Å². The number of hydrogen-bond donors (Lipinski definition) is 2. The molecule has 0 bridgehead atoms. The smallest absolute Gasteiger partial charge is 0.255 e. The van der Waals surface area contributed by atoms with E-state index in [1.165, 1.54) is 23.1 Å². The molecule has 6 heteroatoms. The Labute approximate surface area is 143 Å². The molecule has 4 rings (SSSR count). The lowest BCUT2D eigenvalue weighted by atomic mass is 10.1. The molecule has 1 aliphatic rings. The van der Waals surface area contributed by atoms with E-state index in [4.69, 9.17) is 0 Å². The standard InChI is InChI=1S/C19H16FN3O2/c20-15-7-3-4-8-16(15)23-11-13(10-21-23)19(25)22-18-14-6-2-1-5-12(14)9-17(18)24/h1-8,10-11,17-18,24H,9H2,(H,22,25). The first-order chi connectivity index (χ1) is 12.1. The Hall–Kier alpha value is -2.99. The first-order valence-electron chi connectivity index (χ1n) is 8.00. The number of aromatic nitrogens is 2. The van der Waals surface area contributed by atoms with Gasteiger partial charge in [-0.05, 0) is 23.3 Å². The van der Waals surface area contributed by atoms with Crippen molar-refractivity contribution in [1.29, 1.82) is 0 Å². The molecule has 1 amide bonds. The lowest BCUT2D eigenvalue weighted by Crippen LogP contribution is -2.33. The summed E-state index contributed by atoms with van der Waals surface area (Å²) in [7, 11) is 0. The third-order valence-corrected chi connectivity index (χ3v) is 4.43. The number of rotatable bonds is 3. The van der Waals surface area contributed by atoms with Crippen molar-refractivity contribution in [2.45, 2.75) is 18.6 Å². The highest BCUT2D eigenvalue weighted by atomic mass is 19.1. The number of para-hydroxylation sites is 1. The molecule has 3 aromatic rings. The quantitative estimate of drug-likeness (QED) is 0.771. The number of nitrogens with one attached hydrogen (secondary N) is 1. The van der Waals surface area contributed by atoms with Gasteiger partial charge in [0.1, 0.15) is 11.5 Å². The SMILES string of the molecule is O=C(NC1c2ccccc2CC1O)c1cnn(-c2ccccc2F)c1. The van der Waals surface area contributed by atoms with E-state index in [1.54, 1.807) is 18.2 Å². The molecule has 1 aromatic heterocycles. The number of carbonyl (C=O) groups excluding carboxylic acids is 1. The number of hydrogen-bond acceptors (Lipinski definition) is 3. The van der Waals surface area contributed by atoms with Gasteiger partial charge in [0.05, 0.1) is 23.9 Å². The molecule has 2 N–H and O–H groups in total. The van der Waals surface area contributed by atoms with E-state index >= 15 is 0 Å². The first kappa shape index (κ1) is 15.5. The third-order valence-electron chi connectivity index (χ3n) is 4.43. The van der Waals surface area contributed by atoms with Crippen LogP contribution in [0.1, 0.15) is 27.5 Å². The molecule has 0 saturated carbocycles. The minimum Gasteiger partial charge on any atom is -0.390 e. The molecule has 0 fully saturated rings. The summed E-state index contributed by atoms with van der Waals surface area (Å²) in [5, 5.41) is 17.1. The van der Waals surface area contributed by atoms with Crippen LogP contribution in [0.2, 0.25) is 0 Å².